The zero-order valence-electron chi connectivity index (χ0n) is 8.21. The highest BCUT2D eigenvalue weighted by Gasteiger charge is 2.05. The molecule has 0 aliphatic carbocycles. The third kappa shape index (κ3) is 2.45. The minimum atomic E-state index is 0.0903. The molecule has 0 saturated heterocycles. The summed E-state index contributed by atoms with van der Waals surface area (Å²) in [6.07, 6.45) is 0. The summed E-state index contributed by atoms with van der Waals surface area (Å²) in [7, 11) is 4.04. The van der Waals surface area contributed by atoms with E-state index in [0.717, 1.165) is 10.0 Å². The number of hydrogen-bond acceptors (Lipinski definition) is 2. The minimum absolute atomic E-state index is 0.0903. The van der Waals surface area contributed by atoms with Gasteiger partial charge in [-0.25, -0.2) is 0 Å². The Morgan fingerprint density at radius 1 is 1.38 bits per heavy atom. The van der Waals surface area contributed by atoms with E-state index in [1.54, 1.807) is 0 Å². The second-order valence-electron chi connectivity index (χ2n) is 3.39. The molecule has 72 valence electrons. The summed E-state index contributed by atoms with van der Waals surface area (Å²) in [5.41, 5.74) is 8.10. The Balaban J connectivity index is 3.06. The molecular formula is C10H15BrN2. The average Bonchev–Trinajstić information content (AvgIpc) is 2.03. The Hall–Kier alpha value is -0.540. The fourth-order valence-electron chi connectivity index (χ4n) is 1.17. The average molecular weight is 243 g/mol. The molecule has 0 saturated carbocycles. The van der Waals surface area contributed by atoms with Gasteiger partial charge < -0.3 is 10.6 Å². The lowest BCUT2D eigenvalue weighted by atomic mass is 10.1. The van der Waals surface area contributed by atoms with Gasteiger partial charge in [0.15, 0.2) is 0 Å². The monoisotopic (exact) mass is 242 g/mol. The Morgan fingerprint density at radius 3 is 2.38 bits per heavy atom. The second kappa shape index (κ2) is 4.11. The fraction of sp³-hybridized carbons (Fsp3) is 0.400. The van der Waals surface area contributed by atoms with Gasteiger partial charge in [-0.3, -0.25) is 0 Å². The zero-order valence-corrected chi connectivity index (χ0v) is 9.80. The van der Waals surface area contributed by atoms with Crippen LogP contribution in [-0.2, 0) is 0 Å². The number of nitrogens with two attached hydrogens (primary N) is 1. The minimum Gasteiger partial charge on any atom is -0.377 e. The van der Waals surface area contributed by atoms with E-state index in [2.05, 4.69) is 39.0 Å². The van der Waals surface area contributed by atoms with E-state index in [4.69, 9.17) is 5.73 Å². The molecular weight excluding hydrogens is 228 g/mol. The van der Waals surface area contributed by atoms with Crippen molar-refractivity contribution in [1.29, 1.82) is 0 Å². The van der Waals surface area contributed by atoms with E-state index in [1.807, 2.05) is 21.0 Å². The molecule has 2 nitrogen and oxygen atoms in total. The molecule has 0 aromatic heterocycles. The maximum Gasteiger partial charge on any atom is 0.0505 e. The van der Waals surface area contributed by atoms with Crippen molar-refractivity contribution in [2.45, 2.75) is 13.0 Å². The smallest absolute Gasteiger partial charge is 0.0505 e. The van der Waals surface area contributed by atoms with Gasteiger partial charge in [-0.2, -0.15) is 0 Å². The van der Waals surface area contributed by atoms with Crippen LogP contribution < -0.4 is 10.6 Å². The predicted molar refractivity (Wildman–Crippen MR) is 61.1 cm³/mol. The first-order valence-electron chi connectivity index (χ1n) is 4.24. The van der Waals surface area contributed by atoms with Crippen LogP contribution in [0, 0.1) is 0 Å². The van der Waals surface area contributed by atoms with Crippen molar-refractivity contribution in [3.05, 3.63) is 28.2 Å². The normalized spacial score (nSPS) is 12.7. The molecule has 1 unspecified atom stereocenters. The highest BCUT2D eigenvalue weighted by atomic mass is 79.9. The van der Waals surface area contributed by atoms with Gasteiger partial charge in [0, 0.05) is 24.6 Å². The van der Waals surface area contributed by atoms with Crippen molar-refractivity contribution in [3.63, 3.8) is 0 Å². The first-order valence-corrected chi connectivity index (χ1v) is 5.04. The topological polar surface area (TPSA) is 29.3 Å². The van der Waals surface area contributed by atoms with Gasteiger partial charge in [-0.1, -0.05) is 6.07 Å². The number of anilines is 1. The number of halogens is 1. The van der Waals surface area contributed by atoms with Gasteiger partial charge in [0.25, 0.3) is 0 Å². The first-order chi connectivity index (χ1) is 6.02. The van der Waals surface area contributed by atoms with Crippen LogP contribution in [0.3, 0.4) is 0 Å². The van der Waals surface area contributed by atoms with Gasteiger partial charge in [-0.15, -0.1) is 0 Å². The standard InChI is InChI=1S/C10H15BrN2/c1-7(12)8-4-5-10(13(2)3)9(11)6-8/h4-7H,12H2,1-3H3. The van der Waals surface area contributed by atoms with Crippen molar-refractivity contribution < 1.29 is 0 Å². The number of nitrogens with zero attached hydrogens (tertiary/aromatic N) is 1. The molecule has 2 N–H and O–H groups in total. The van der Waals surface area contributed by atoms with Crippen LogP contribution in [0.25, 0.3) is 0 Å². The highest BCUT2D eigenvalue weighted by molar-refractivity contribution is 9.10. The van der Waals surface area contributed by atoms with Gasteiger partial charge in [0.1, 0.15) is 0 Å². The van der Waals surface area contributed by atoms with Gasteiger partial charge in [-0.05, 0) is 40.5 Å². The quantitative estimate of drug-likeness (QED) is 0.864. The molecule has 0 spiro atoms. The van der Waals surface area contributed by atoms with Gasteiger partial charge >= 0.3 is 0 Å². The summed E-state index contributed by atoms with van der Waals surface area (Å²) in [4.78, 5) is 2.06. The molecule has 1 atom stereocenters. The van der Waals surface area contributed by atoms with E-state index in [1.165, 1.54) is 5.69 Å². The van der Waals surface area contributed by atoms with Crippen molar-refractivity contribution in [2.24, 2.45) is 5.73 Å². The van der Waals surface area contributed by atoms with Crippen LogP contribution in [0.5, 0.6) is 0 Å². The molecule has 3 heteroatoms. The van der Waals surface area contributed by atoms with Crippen LogP contribution in [0.1, 0.15) is 18.5 Å². The molecule has 0 bridgehead atoms. The second-order valence-corrected chi connectivity index (χ2v) is 4.25. The van der Waals surface area contributed by atoms with E-state index in [0.29, 0.717) is 0 Å². The maximum atomic E-state index is 5.77. The van der Waals surface area contributed by atoms with Crippen LogP contribution in [0.2, 0.25) is 0 Å². The summed E-state index contributed by atoms with van der Waals surface area (Å²) in [6, 6.07) is 6.29. The fourth-order valence-corrected chi connectivity index (χ4v) is 1.92. The van der Waals surface area contributed by atoms with Gasteiger partial charge in [0.2, 0.25) is 0 Å². The predicted octanol–water partition coefficient (Wildman–Crippen LogP) is 2.53. The Labute approximate surface area is 87.9 Å². The molecule has 0 heterocycles. The van der Waals surface area contributed by atoms with Crippen LogP contribution in [0.4, 0.5) is 5.69 Å². The molecule has 0 aliphatic rings. The van der Waals surface area contributed by atoms with Crippen LogP contribution >= 0.6 is 15.9 Å². The van der Waals surface area contributed by atoms with Crippen molar-refractivity contribution in [3.8, 4) is 0 Å². The summed E-state index contributed by atoms with van der Waals surface area (Å²) < 4.78 is 1.09. The van der Waals surface area contributed by atoms with Gasteiger partial charge in [0.05, 0.1) is 5.69 Å². The summed E-state index contributed by atoms with van der Waals surface area (Å²) >= 11 is 3.52. The lowest BCUT2D eigenvalue weighted by Crippen LogP contribution is -2.10. The van der Waals surface area contributed by atoms with Crippen molar-refractivity contribution in [2.75, 3.05) is 19.0 Å². The lowest BCUT2D eigenvalue weighted by Gasteiger charge is -2.16. The van der Waals surface area contributed by atoms with Crippen LogP contribution in [-0.4, -0.2) is 14.1 Å². The molecule has 0 fully saturated rings. The summed E-state index contributed by atoms with van der Waals surface area (Å²) in [5, 5.41) is 0. The third-order valence-electron chi connectivity index (χ3n) is 1.98. The number of hydrogen-bond donors (Lipinski definition) is 1. The summed E-state index contributed by atoms with van der Waals surface area (Å²) in [6.45, 7) is 1.98. The van der Waals surface area contributed by atoms with Crippen molar-refractivity contribution in [1.82, 2.24) is 0 Å². The van der Waals surface area contributed by atoms with Crippen molar-refractivity contribution >= 4 is 21.6 Å². The maximum absolute atomic E-state index is 5.77. The number of rotatable bonds is 2. The summed E-state index contributed by atoms with van der Waals surface area (Å²) in [5.74, 6) is 0. The lowest BCUT2D eigenvalue weighted by molar-refractivity contribution is 0.817. The number of benzene rings is 1. The highest BCUT2D eigenvalue weighted by Crippen LogP contribution is 2.27. The van der Waals surface area contributed by atoms with E-state index >= 15 is 0 Å². The molecule has 13 heavy (non-hydrogen) atoms. The molecule has 0 radical (unpaired) electrons. The van der Waals surface area contributed by atoms with E-state index in [9.17, 15) is 0 Å². The third-order valence-corrected chi connectivity index (χ3v) is 2.61. The Bertz CT molecular complexity index is 295. The molecule has 1 aromatic rings. The molecule has 1 aromatic carbocycles. The zero-order chi connectivity index (χ0) is 10.0. The van der Waals surface area contributed by atoms with E-state index in [-0.39, 0.29) is 6.04 Å². The Kier molecular flexibility index (Phi) is 3.33. The first kappa shape index (κ1) is 10.5. The molecule has 0 aliphatic heterocycles. The SMILES string of the molecule is CC(N)c1ccc(N(C)C)c(Br)c1. The molecule has 0 amide bonds. The largest absolute Gasteiger partial charge is 0.377 e. The van der Waals surface area contributed by atoms with Crippen LogP contribution in [0.15, 0.2) is 22.7 Å². The molecule has 1 rings (SSSR count). The van der Waals surface area contributed by atoms with E-state index < -0.39 is 0 Å². The Morgan fingerprint density at radius 2 is 2.00 bits per heavy atom.